The van der Waals surface area contributed by atoms with Crippen LogP contribution in [0, 0.1) is 6.92 Å². The van der Waals surface area contributed by atoms with Crippen LogP contribution >= 0.6 is 0 Å². The monoisotopic (exact) mass is 497 g/mol. The maximum Gasteiger partial charge on any atom is 0.227 e. The highest BCUT2D eigenvalue weighted by Gasteiger charge is 2.23. The summed E-state index contributed by atoms with van der Waals surface area (Å²) < 4.78 is 16.9. The zero-order valence-corrected chi connectivity index (χ0v) is 20.1. The first kappa shape index (κ1) is 23.7. The number of aryl methyl sites for hydroxylation is 1. The van der Waals surface area contributed by atoms with E-state index in [2.05, 4.69) is 9.97 Å². The van der Waals surface area contributed by atoms with Gasteiger partial charge in [-0.05, 0) is 43.3 Å². The number of aromatic nitrogens is 3. The van der Waals surface area contributed by atoms with Crippen LogP contribution in [0.5, 0.6) is 23.0 Å². The molecule has 0 atom stereocenters. The van der Waals surface area contributed by atoms with Gasteiger partial charge in [0, 0.05) is 35.2 Å². The average molecular weight is 498 g/mol. The Kier molecular flexibility index (Phi) is 6.34. The topological polar surface area (TPSA) is 131 Å². The largest absolute Gasteiger partial charge is 0.504 e. The molecule has 0 aliphatic rings. The van der Waals surface area contributed by atoms with Gasteiger partial charge in [0.25, 0.3) is 0 Å². The minimum absolute atomic E-state index is 0.0352. The normalized spacial score (nSPS) is 10.9. The molecule has 0 amide bonds. The van der Waals surface area contributed by atoms with Crippen molar-refractivity contribution in [1.29, 1.82) is 0 Å². The van der Waals surface area contributed by atoms with Crippen molar-refractivity contribution in [3.63, 3.8) is 0 Å². The van der Waals surface area contributed by atoms with Gasteiger partial charge in [0.15, 0.2) is 17.3 Å². The van der Waals surface area contributed by atoms with Gasteiger partial charge < -0.3 is 29.1 Å². The van der Waals surface area contributed by atoms with E-state index in [1.54, 1.807) is 31.5 Å². The summed E-state index contributed by atoms with van der Waals surface area (Å²) in [6.07, 6.45) is 3.44. The number of nitrogens with one attached hydrogen (secondary N) is 1. The summed E-state index contributed by atoms with van der Waals surface area (Å²) in [6.45, 7) is 1.97. The first-order valence-electron chi connectivity index (χ1n) is 11.4. The second-order valence-electron chi connectivity index (χ2n) is 8.27. The number of aromatic hydroxyl groups is 2. The number of aromatic amines is 1. The molecule has 0 radical (unpaired) electrons. The van der Waals surface area contributed by atoms with Gasteiger partial charge in [-0.25, -0.2) is 4.98 Å². The smallest absolute Gasteiger partial charge is 0.227 e. The van der Waals surface area contributed by atoms with Crippen LogP contribution in [0.15, 0.2) is 82.3 Å². The molecule has 37 heavy (non-hydrogen) atoms. The third-order valence-electron chi connectivity index (χ3n) is 5.67. The molecule has 3 N–H and O–H groups in total. The molecule has 186 valence electrons. The van der Waals surface area contributed by atoms with E-state index in [9.17, 15) is 15.0 Å². The highest BCUT2D eigenvalue weighted by Crippen LogP contribution is 2.39. The molecule has 3 aromatic heterocycles. The van der Waals surface area contributed by atoms with E-state index in [0.29, 0.717) is 46.5 Å². The Bertz CT molecular complexity index is 1630. The summed E-state index contributed by atoms with van der Waals surface area (Å²) in [4.78, 5) is 24.4. The lowest BCUT2D eigenvalue weighted by atomic mass is 10.1. The molecular weight excluding hydrogens is 474 g/mol. The van der Waals surface area contributed by atoms with E-state index in [1.165, 1.54) is 19.2 Å². The number of hydrogen-bond donors (Lipinski definition) is 3. The van der Waals surface area contributed by atoms with Gasteiger partial charge >= 0.3 is 0 Å². The molecule has 9 nitrogen and oxygen atoms in total. The number of rotatable bonds is 7. The Morgan fingerprint density at radius 3 is 2.68 bits per heavy atom. The number of phenols is 1. The molecule has 0 bridgehead atoms. The van der Waals surface area contributed by atoms with Crippen LogP contribution in [0.25, 0.3) is 34.1 Å². The van der Waals surface area contributed by atoms with Gasteiger partial charge in [0.2, 0.25) is 11.2 Å². The molecule has 5 rings (SSSR count). The van der Waals surface area contributed by atoms with Crippen LogP contribution in [0.3, 0.4) is 0 Å². The van der Waals surface area contributed by atoms with Gasteiger partial charge in [-0.1, -0.05) is 18.2 Å². The SMILES string of the molecule is COc1cc(-c2nc(-c3cccc(OCc4cccnc4)c3)[nH]c2-c2oc(C)cc(=O)c2O)ccc1O. The van der Waals surface area contributed by atoms with Gasteiger partial charge in [-0.15, -0.1) is 0 Å². The van der Waals surface area contributed by atoms with Gasteiger partial charge in [0.1, 0.15) is 35.3 Å². The number of H-pyrrole nitrogens is 1. The molecule has 0 fully saturated rings. The molecule has 3 heterocycles. The first-order chi connectivity index (χ1) is 17.9. The summed E-state index contributed by atoms with van der Waals surface area (Å²) in [5, 5.41) is 20.6. The predicted octanol–water partition coefficient (Wildman–Crippen LogP) is 5.07. The molecule has 0 aliphatic carbocycles. The molecule has 5 aromatic rings. The van der Waals surface area contributed by atoms with E-state index in [-0.39, 0.29) is 17.3 Å². The fraction of sp³-hybridized carbons (Fsp3) is 0.107. The summed E-state index contributed by atoms with van der Waals surface area (Å²) in [7, 11) is 1.44. The quantitative estimate of drug-likeness (QED) is 0.284. The molecule has 0 saturated carbocycles. The van der Waals surface area contributed by atoms with Crippen LogP contribution in [-0.4, -0.2) is 32.3 Å². The van der Waals surface area contributed by atoms with Crippen LogP contribution in [0.4, 0.5) is 0 Å². The standard InChI is InChI=1S/C28H23N3O6/c1-16-11-22(33)26(34)27(37-16)25-24(18-8-9-21(32)23(13-18)35-2)30-28(31-25)19-6-3-7-20(12-19)36-15-17-5-4-10-29-14-17/h3-14,32,34H,15H2,1-2H3,(H,30,31). The summed E-state index contributed by atoms with van der Waals surface area (Å²) in [6, 6.07) is 17.1. The summed E-state index contributed by atoms with van der Waals surface area (Å²) >= 11 is 0. The fourth-order valence-electron chi connectivity index (χ4n) is 3.86. The van der Waals surface area contributed by atoms with Crippen molar-refractivity contribution >= 4 is 0 Å². The summed E-state index contributed by atoms with van der Waals surface area (Å²) in [5.41, 5.74) is 2.31. The third-order valence-corrected chi connectivity index (χ3v) is 5.67. The highest BCUT2D eigenvalue weighted by atomic mass is 16.5. The van der Waals surface area contributed by atoms with Crippen LogP contribution in [-0.2, 0) is 6.61 Å². The van der Waals surface area contributed by atoms with E-state index in [4.69, 9.17) is 18.9 Å². The van der Waals surface area contributed by atoms with Crippen molar-refractivity contribution in [1.82, 2.24) is 15.0 Å². The lowest BCUT2D eigenvalue weighted by molar-refractivity contribution is 0.306. The number of methoxy groups -OCH3 is 1. The van der Waals surface area contributed by atoms with Crippen LogP contribution in [0.1, 0.15) is 11.3 Å². The zero-order chi connectivity index (χ0) is 25.9. The Morgan fingerprint density at radius 2 is 1.89 bits per heavy atom. The minimum atomic E-state index is -0.574. The predicted molar refractivity (Wildman–Crippen MR) is 137 cm³/mol. The average Bonchev–Trinajstić information content (AvgIpc) is 3.36. The number of ether oxygens (including phenoxy) is 2. The maximum atomic E-state index is 12.3. The van der Waals surface area contributed by atoms with E-state index in [0.717, 1.165) is 5.56 Å². The first-order valence-corrected chi connectivity index (χ1v) is 11.4. The molecule has 0 spiro atoms. The van der Waals surface area contributed by atoms with Crippen molar-refractivity contribution in [2.75, 3.05) is 7.11 Å². The number of imidazole rings is 1. The van der Waals surface area contributed by atoms with Crippen LogP contribution < -0.4 is 14.9 Å². The Balaban J connectivity index is 1.60. The van der Waals surface area contributed by atoms with Gasteiger partial charge in [-0.2, -0.15) is 0 Å². The number of pyridine rings is 1. The fourth-order valence-corrected chi connectivity index (χ4v) is 3.86. The Morgan fingerprint density at radius 1 is 1.03 bits per heavy atom. The maximum absolute atomic E-state index is 12.3. The third kappa shape index (κ3) is 4.87. The lowest BCUT2D eigenvalue weighted by Crippen LogP contribution is -2.01. The van der Waals surface area contributed by atoms with Crippen LogP contribution in [0.2, 0.25) is 0 Å². The van der Waals surface area contributed by atoms with Crippen molar-refractivity contribution < 1.29 is 24.1 Å². The van der Waals surface area contributed by atoms with Gasteiger partial charge in [0.05, 0.1) is 7.11 Å². The van der Waals surface area contributed by atoms with Crippen molar-refractivity contribution in [2.45, 2.75) is 13.5 Å². The molecule has 2 aromatic carbocycles. The number of nitrogens with zero attached hydrogens (tertiary/aromatic N) is 2. The molecule has 0 saturated heterocycles. The molecule has 0 aliphatic heterocycles. The lowest BCUT2D eigenvalue weighted by Gasteiger charge is -2.08. The second-order valence-corrected chi connectivity index (χ2v) is 8.27. The number of hydrogen-bond acceptors (Lipinski definition) is 8. The zero-order valence-electron chi connectivity index (χ0n) is 20.1. The van der Waals surface area contributed by atoms with E-state index in [1.807, 2.05) is 36.4 Å². The van der Waals surface area contributed by atoms with Gasteiger partial charge in [-0.3, -0.25) is 9.78 Å². The molecular formula is C28H23N3O6. The molecule has 0 unspecified atom stereocenters. The van der Waals surface area contributed by atoms with Crippen molar-refractivity contribution in [2.24, 2.45) is 0 Å². The number of benzene rings is 2. The highest BCUT2D eigenvalue weighted by molar-refractivity contribution is 5.82. The molecule has 9 heteroatoms. The van der Waals surface area contributed by atoms with E-state index >= 15 is 0 Å². The minimum Gasteiger partial charge on any atom is -0.504 e. The Hall–Kier alpha value is -5.05. The van der Waals surface area contributed by atoms with E-state index < -0.39 is 11.2 Å². The van der Waals surface area contributed by atoms with Crippen molar-refractivity contribution in [3.8, 4) is 57.1 Å². The number of phenolic OH excluding ortho intramolecular Hbond substituents is 1. The second kappa shape index (κ2) is 9.90. The summed E-state index contributed by atoms with van der Waals surface area (Å²) in [5.74, 6) is 1.02. The Labute approximate surface area is 211 Å². The van der Waals surface area contributed by atoms with Crippen molar-refractivity contribution in [3.05, 3.63) is 94.6 Å².